The quantitative estimate of drug-likeness (QED) is 0.317. The van der Waals surface area contributed by atoms with Crippen molar-refractivity contribution in [2.75, 3.05) is 5.32 Å². The van der Waals surface area contributed by atoms with Gasteiger partial charge in [0.2, 0.25) is 0 Å². The van der Waals surface area contributed by atoms with Gasteiger partial charge < -0.3 is 15.2 Å². The molecule has 1 atom stereocenters. The van der Waals surface area contributed by atoms with Crippen molar-refractivity contribution >= 4 is 23.3 Å². The molecule has 0 fully saturated rings. The van der Waals surface area contributed by atoms with Gasteiger partial charge in [-0.1, -0.05) is 54.1 Å². The van der Waals surface area contributed by atoms with E-state index in [1.807, 2.05) is 36.4 Å². The van der Waals surface area contributed by atoms with Crippen LogP contribution in [0.25, 0.3) is 0 Å². The van der Waals surface area contributed by atoms with Gasteiger partial charge >= 0.3 is 6.03 Å². The van der Waals surface area contributed by atoms with E-state index in [2.05, 4.69) is 10.3 Å². The fourth-order valence-corrected chi connectivity index (χ4v) is 3.71. The molecular weight excluding hydrogens is 451 g/mol. The molecule has 168 valence electrons. The molecule has 0 aliphatic carbocycles. The molecule has 2 amide bonds. The molecule has 1 aromatic heterocycles. The number of anilines is 1. The van der Waals surface area contributed by atoms with E-state index in [9.17, 15) is 18.0 Å². The van der Waals surface area contributed by atoms with Crippen molar-refractivity contribution in [3.8, 4) is 0 Å². The van der Waals surface area contributed by atoms with Gasteiger partial charge in [0.15, 0.2) is 11.6 Å². The van der Waals surface area contributed by atoms with Crippen LogP contribution in [-0.4, -0.2) is 15.9 Å². The van der Waals surface area contributed by atoms with E-state index in [1.54, 1.807) is 36.5 Å². The molecule has 4 aromatic rings. The highest BCUT2D eigenvalue weighted by Gasteiger charge is 2.29. The third kappa shape index (κ3) is 5.21. The maximum Gasteiger partial charge on any atom is 0.323 e. The van der Waals surface area contributed by atoms with Crippen LogP contribution in [-0.2, 0) is 6.54 Å². The normalized spacial score (nSPS) is 11.8. The van der Waals surface area contributed by atoms with Crippen LogP contribution in [0.5, 0.6) is 0 Å². The van der Waals surface area contributed by atoms with Gasteiger partial charge in [0.05, 0.1) is 6.04 Å². The van der Waals surface area contributed by atoms with Crippen molar-refractivity contribution in [1.82, 2.24) is 9.88 Å². The van der Waals surface area contributed by atoms with Crippen LogP contribution < -0.4 is 5.32 Å². The van der Waals surface area contributed by atoms with Gasteiger partial charge in [-0.3, -0.25) is 0 Å². The SMILES string of the molecule is O=C(Nc1c(F)cc(F)cc1F)N(Cc1ccccc1)C(c1ccc(Cl)cc1)c1ccc[nH]1. The zero-order valence-electron chi connectivity index (χ0n) is 17.2. The molecule has 0 saturated carbocycles. The Morgan fingerprint density at radius 2 is 1.61 bits per heavy atom. The Bertz CT molecular complexity index is 1210. The van der Waals surface area contributed by atoms with Gasteiger partial charge in [0.25, 0.3) is 0 Å². The lowest BCUT2D eigenvalue weighted by molar-refractivity contribution is 0.193. The van der Waals surface area contributed by atoms with Crippen LogP contribution in [0.2, 0.25) is 5.02 Å². The molecule has 0 radical (unpaired) electrons. The molecule has 2 N–H and O–H groups in total. The summed E-state index contributed by atoms with van der Waals surface area (Å²) in [5.74, 6) is -3.48. The molecule has 0 aliphatic heterocycles. The number of nitrogens with one attached hydrogen (secondary N) is 2. The van der Waals surface area contributed by atoms with Gasteiger partial charge in [-0.05, 0) is 35.4 Å². The first kappa shape index (κ1) is 22.5. The summed E-state index contributed by atoms with van der Waals surface area (Å²) >= 11 is 6.05. The van der Waals surface area contributed by atoms with E-state index >= 15 is 0 Å². The van der Waals surface area contributed by atoms with Crippen molar-refractivity contribution in [3.05, 3.63) is 124 Å². The van der Waals surface area contributed by atoms with Crippen molar-refractivity contribution < 1.29 is 18.0 Å². The number of hydrogen-bond acceptors (Lipinski definition) is 1. The van der Waals surface area contributed by atoms with E-state index in [0.717, 1.165) is 11.1 Å². The lowest BCUT2D eigenvalue weighted by Crippen LogP contribution is -2.38. The first-order chi connectivity index (χ1) is 15.9. The largest absolute Gasteiger partial charge is 0.363 e. The van der Waals surface area contributed by atoms with E-state index in [-0.39, 0.29) is 6.54 Å². The van der Waals surface area contributed by atoms with E-state index in [4.69, 9.17) is 11.6 Å². The number of urea groups is 1. The predicted octanol–water partition coefficient (Wildman–Crippen LogP) is 6.91. The number of amides is 2. The van der Waals surface area contributed by atoms with Crippen LogP contribution in [0.1, 0.15) is 22.9 Å². The lowest BCUT2D eigenvalue weighted by atomic mass is 10.0. The molecule has 0 spiro atoms. The third-order valence-corrected chi connectivity index (χ3v) is 5.36. The summed E-state index contributed by atoms with van der Waals surface area (Å²) in [7, 11) is 0. The minimum Gasteiger partial charge on any atom is -0.363 e. The highest BCUT2D eigenvalue weighted by Crippen LogP contribution is 2.31. The van der Waals surface area contributed by atoms with Crippen molar-refractivity contribution in [2.45, 2.75) is 12.6 Å². The van der Waals surface area contributed by atoms with Gasteiger partial charge in [-0.2, -0.15) is 0 Å². The molecule has 3 aromatic carbocycles. The summed E-state index contributed by atoms with van der Waals surface area (Å²) in [4.78, 5) is 18.0. The van der Waals surface area contributed by atoms with Gasteiger partial charge in [0.1, 0.15) is 11.5 Å². The number of aromatic amines is 1. The Labute approximate surface area is 193 Å². The molecule has 33 heavy (non-hydrogen) atoms. The van der Waals surface area contributed by atoms with Crippen LogP contribution >= 0.6 is 11.6 Å². The van der Waals surface area contributed by atoms with Crippen LogP contribution in [0.3, 0.4) is 0 Å². The summed E-state index contributed by atoms with van der Waals surface area (Å²) in [6, 6.07) is 19.4. The Kier molecular flexibility index (Phi) is 6.70. The molecule has 0 saturated heterocycles. The number of benzene rings is 3. The minimum absolute atomic E-state index is 0.128. The smallest absolute Gasteiger partial charge is 0.323 e. The third-order valence-electron chi connectivity index (χ3n) is 5.11. The molecule has 1 unspecified atom stereocenters. The van der Waals surface area contributed by atoms with Gasteiger partial charge in [-0.15, -0.1) is 0 Å². The Hall–Kier alpha value is -3.71. The maximum atomic E-state index is 14.3. The van der Waals surface area contributed by atoms with Crippen molar-refractivity contribution in [2.24, 2.45) is 0 Å². The second-order valence-electron chi connectivity index (χ2n) is 7.37. The number of nitrogens with zero attached hydrogens (tertiary/aromatic N) is 1. The molecule has 0 bridgehead atoms. The highest BCUT2D eigenvalue weighted by atomic mass is 35.5. The minimum atomic E-state index is -1.21. The van der Waals surface area contributed by atoms with E-state index < -0.39 is 35.2 Å². The number of halogens is 4. The standard InChI is InChI=1S/C25H19ClF3N3O/c26-18-10-8-17(9-11-18)24(22-7-4-12-30-22)32(15-16-5-2-1-3-6-16)25(33)31-23-20(28)13-19(27)14-21(23)29/h1-14,24,30H,15H2,(H,31,33). The maximum absolute atomic E-state index is 14.3. The lowest BCUT2D eigenvalue weighted by Gasteiger charge is -2.32. The average molecular weight is 470 g/mol. The van der Waals surface area contributed by atoms with E-state index in [0.29, 0.717) is 22.8 Å². The van der Waals surface area contributed by atoms with Gasteiger partial charge in [0, 0.05) is 35.6 Å². The van der Waals surface area contributed by atoms with Gasteiger partial charge in [-0.25, -0.2) is 18.0 Å². The summed E-state index contributed by atoms with van der Waals surface area (Å²) in [6.07, 6.45) is 1.72. The zero-order valence-corrected chi connectivity index (χ0v) is 18.0. The topological polar surface area (TPSA) is 48.1 Å². The molecule has 8 heteroatoms. The monoisotopic (exact) mass is 469 g/mol. The number of carbonyl (C=O) groups is 1. The fraction of sp³-hybridized carbons (Fsp3) is 0.0800. The number of aromatic nitrogens is 1. The van der Waals surface area contributed by atoms with Crippen molar-refractivity contribution in [3.63, 3.8) is 0 Å². The summed E-state index contributed by atoms with van der Waals surface area (Å²) in [5, 5.41) is 2.81. The first-order valence-electron chi connectivity index (χ1n) is 10.1. The number of rotatable bonds is 6. The van der Waals surface area contributed by atoms with Crippen LogP contribution in [0, 0.1) is 17.5 Å². The second-order valence-corrected chi connectivity index (χ2v) is 7.80. The predicted molar refractivity (Wildman–Crippen MR) is 121 cm³/mol. The Morgan fingerprint density at radius 1 is 0.939 bits per heavy atom. The molecule has 0 aliphatic rings. The zero-order chi connectivity index (χ0) is 23.4. The summed E-state index contributed by atoms with van der Waals surface area (Å²) in [5.41, 5.74) is 1.50. The molecule has 4 nitrogen and oxygen atoms in total. The number of carbonyl (C=O) groups excluding carboxylic acids is 1. The van der Waals surface area contributed by atoms with Crippen molar-refractivity contribution in [1.29, 1.82) is 0 Å². The highest BCUT2D eigenvalue weighted by molar-refractivity contribution is 6.30. The fourth-order valence-electron chi connectivity index (χ4n) is 3.59. The average Bonchev–Trinajstić information content (AvgIpc) is 3.32. The molecule has 4 rings (SSSR count). The Morgan fingerprint density at radius 3 is 2.21 bits per heavy atom. The van der Waals surface area contributed by atoms with Crippen LogP contribution in [0.15, 0.2) is 85.1 Å². The number of hydrogen-bond donors (Lipinski definition) is 2. The second kappa shape index (κ2) is 9.83. The van der Waals surface area contributed by atoms with Crippen LogP contribution in [0.4, 0.5) is 23.7 Å². The summed E-state index contributed by atoms with van der Waals surface area (Å²) < 4.78 is 41.9. The Balaban J connectivity index is 1.77. The molecule has 1 heterocycles. The van der Waals surface area contributed by atoms with E-state index in [1.165, 1.54) is 4.90 Å². The first-order valence-corrected chi connectivity index (χ1v) is 10.4. The number of H-pyrrole nitrogens is 1. The molecular formula is C25H19ClF3N3O. The summed E-state index contributed by atoms with van der Waals surface area (Å²) in [6.45, 7) is 0.128.